The maximum absolute atomic E-state index is 13.4. The third kappa shape index (κ3) is 6.64. The van der Waals surface area contributed by atoms with E-state index in [0.29, 0.717) is 57.4 Å². The molecule has 0 radical (unpaired) electrons. The van der Waals surface area contributed by atoms with Crippen molar-refractivity contribution < 1.29 is 13.2 Å². The van der Waals surface area contributed by atoms with Gasteiger partial charge in [0.1, 0.15) is 0 Å². The van der Waals surface area contributed by atoms with Gasteiger partial charge >= 0.3 is 6.18 Å². The van der Waals surface area contributed by atoms with Crippen molar-refractivity contribution in [2.75, 3.05) is 29.9 Å². The number of hydrogen-bond donors (Lipinski definition) is 2. The first kappa shape index (κ1) is 29.1. The van der Waals surface area contributed by atoms with E-state index in [9.17, 15) is 13.2 Å². The number of nitrogens with one attached hydrogen (secondary N) is 2. The van der Waals surface area contributed by atoms with Gasteiger partial charge in [-0.05, 0) is 55.0 Å². The Morgan fingerprint density at radius 3 is 2.50 bits per heavy atom. The number of aryl methyl sites for hydroxylation is 1. The number of piperidine rings is 1. The summed E-state index contributed by atoms with van der Waals surface area (Å²) in [6, 6.07) is 7.18. The number of imidazole rings is 1. The number of rotatable bonds is 7. The van der Waals surface area contributed by atoms with E-state index in [-0.39, 0.29) is 18.4 Å². The second-order valence-corrected chi connectivity index (χ2v) is 12.3. The average Bonchev–Trinajstić information content (AvgIpc) is 3.13. The highest BCUT2D eigenvalue weighted by molar-refractivity contribution is 6.39. The largest absolute Gasteiger partial charge is 0.393 e. The Morgan fingerprint density at radius 1 is 1.08 bits per heavy atom. The van der Waals surface area contributed by atoms with Crippen molar-refractivity contribution in [1.82, 2.24) is 14.9 Å². The van der Waals surface area contributed by atoms with Crippen LogP contribution in [0, 0.1) is 11.3 Å². The second kappa shape index (κ2) is 11.3. The lowest BCUT2D eigenvalue weighted by Gasteiger charge is -2.35. The van der Waals surface area contributed by atoms with E-state index in [1.165, 1.54) is 0 Å². The Hall–Kier alpha value is -1.87. The first-order valence-corrected chi connectivity index (χ1v) is 13.8. The number of nitrogens with zero attached hydrogens (tertiary/aromatic N) is 3. The van der Waals surface area contributed by atoms with Gasteiger partial charge < -0.3 is 20.1 Å². The summed E-state index contributed by atoms with van der Waals surface area (Å²) in [5.41, 5.74) is 3.59. The van der Waals surface area contributed by atoms with Crippen LogP contribution in [0.5, 0.6) is 0 Å². The molecule has 1 aliphatic heterocycles. The van der Waals surface area contributed by atoms with Crippen LogP contribution in [0.1, 0.15) is 45.6 Å². The molecule has 38 heavy (non-hydrogen) atoms. The van der Waals surface area contributed by atoms with Crippen molar-refractivity contribution in [1.29, 1.82) is 0 Å². The molecule has 208 valence electrons. The Labute approximate surface area is 236 Å². The van der Waals surface area contributed by atoms with Gasteiger partial charge in [-0.15, -0.1) is 0 Å². The maximum Gasteiger partial charge on any atom is 0.393 e. The highest BCUT2D eigenvalue weighted by atomic mass is 35.5. The van der Waals surface area contributed by atoms with Gasteiger partial charge in [-0.1, -0.05) is 61.6 Å². The van der Waals surface area contributed by atoms with E-state index in [0.717, 1.165) is 24.0 Å². The molecular formula is C27H33Cl3F3N5. The van der Waals surface area contributed by atoms with Gasteiger partial charge in [0.05, 0.1) is 43.4 Å². The minimum Gasteiger partial charge on any atom is -0.370 e. The quantitative estimate of drug-likeness (QED) is 0.271. The smallest absolute Gasteiger partial charge is 0.370 e. The molecule has 0 spiro atoms. The SMILES string of the molecule is Cn1c(Nc2c(Cl)ccc(CNCCC(C)(C)C)c2Cl)nc2cc(Cl)c(N3CCCC(C(F)(F)F)C3)cc21. The Balaban J connectivity index is 1.58. The lowest BCUT2D eigenvalue weighted by molar-refractivity contribution is -0.175. The molecule has 4 rings (SSSR count). The molecule has 1 unspecified atom stereocenters. The number of alkyl halides is 3. The van der Waals surface area contributed by atoms with Crippen molar-refractivity contribution in [2.24, 2.45) is 18.4 Å². The standard InChI is InChI=1S/C27H33Cl3F3N5/c1-26(2,3)9-10-34-14-16-7-8-18(28)24(23(16)30)36-25-35-20-12-19(29)21(13-22(20)37(25)4)38-11-5-6-17(15-38)27(31,32)33/h7-8,12-13,17,34H,5-6,9-11,14-15H2,1-4H3,(H,35,36). The second-order valence-electron chi connectivity index (χ2n) is 11.1. The normalized spacial score (nSPS) is 16.9. The first-order chi connectivity index (χ1) is 17.7. The summed E-state index contributed by atoms with van der Waals surface area (Å²) < 4.78 is 42.0. The molecule has 0 saturated carbocycles. The predicted octanol–water partition coefficient (Wildman–Crippen LogP) is 8.58. The summed E-state index contributed by atoms with van der Waals surface area (Å²) in [5, 5.41) is 8.00. The molecule has 1 aliphatic rings. The summed E-state index contributed by atoms with van der Waals surface area (Å²) in [7, 11) is 1.82. The van der Waals surface area contributed by atoms with E-state index in [4.69, 9.17) is 34.8 Å². The number of benzene rings is 2. The van der Waals surface area contributed by atoms with Crippen molar-refractivity contribution in [2.45, 2.75) is 52.8 Å². The number of anilines is 3. The van der Waals surface area contributed by atoms with Gasteiger partial charge in [-0.2, -0.15) is 13.2 Å². The van der Waals surface area contributed by atoms with E-state index in [1.807, 2.05) is 17.7 Å². The van der Waals surface area contributed by atoms with Crippen LogP contribution in [-0.2, 0) is 13.6 Å². The summed E-state index contributed by atoms with van der Waals surface area (Å²) >= 11 is 19.8. The highest BCUT2D eigenvalue weighted by Crippen LogP contribution is 2.40. The van der Waals surface area contributed by atoms with Gasteiger partial charge in [-0.25, -0.2) is 4.98 Å². The topological polar surface area (TPSA) is 45.1 Å². The molecule has 3 aromatic rings. The van der Waals surface area contributed by atoms with E-state index >= 15 is 0 Å². The van der Waals surface area contributed by atoms with Gasteiger partial charge in [0.2, 0.25) is 5.95 Å². The number of hydrogen-bond acceptors (Lipinski definition) is 4. The van der Waals surface area contributed by atoms with Gasteiger partial charge in [0.15, 0.2) is 0 Å². The fourth-order valence-electron chi connectivity index (χ4n) is 4.66. The number of aromatic nitrogens is 2. The van der Waals surface area contributed by atoms with E-state index < -0.39 is 12.1 Å². The van der Waals surface area contributed by atoms with Crippen LogP contribution in [0.3, 0.4) is 0 Å². The number of fused-ring (bicyclic) bond motifs is 1. The molecule has 1 fully saturated rings. The fourth-order valence-corrected chi connectivity index (χ4v) is 5.47. The zero-order valence-corrected chi connectivity index (χ0v) is 24.2. The van der Waals surface area contributed by atoms with Crippen LogP contribution in [0.15, 0.2) is 24.3 Å². The highest BCUT2D eigenvalue weighted by Gasteiger charge is 2.42. The Kier molecular flexibility index (Phi) is 8.67. The molecular weight excluding hydrogens is 558 g/mol. The maximum atomic E-state index is 13.4. The van der Waals surface area contributed by atoms with Crippen LogP contribution < -0.4 is 15.5 Å². The molecule has 2 heterocycles. The molecule has 5 nitrogen and oxygen atoms in total. The van der Waals surface area contributed by atoms with Crippen LogP contribution in [0.4, 0.5) is 30.5 Å². The molecule has 1 aromatic heterocycles. The first-order valence-electron chi connectivity index (χ1n) is 12.7. The zero-order valence-electron chi connectivity index (χ0n) is 21.9. The molecule has 0 bridgehead atoms. The molecule has 2 N–H and O–H groups in total. The van der Waals surface area contributed by atoms with Gasteiger partial charge in [-0.3, -0.25) is 0 Å². The van der Waals surface area contributed by atoms with Crippen LogP contribution >= 0.6 is 34.8 Å². The minimum absolute atomic E-state index is 0.112. The van der Waals surface area contributed by atoms with Gasteiger partial charge in [0.25, 0.3) is 0 Å². The zero-order chi connectivity index (χ0) is 27.8. The summed E-state index contributed by atoms with van der Waals surface area (Å²) in [6.45, 7) is 8.46. The minimum atomic E-state index is -4.23. The molecule has 0 amide bonds. The lowest BCUT2D eigenvalue weighted by Crippen LogP contribution is -2.41. The van der Waals surface area contributed by atoms with Crippen LogP contribution in [0.25, 0.3) is 11.0 Å². The van der Waals surface area contributed by atoms with Crippen LogP contribution in [-0.4, -0.2) is 35.4 Å². The van der Waals surface area contributed by atoms with Crippen molar-refractivity contribution in [3.63, 3.8) is 0 Å². The predicted molar refractivity (Wildman–Crippen MR) is 152 cm³/mol. The van der Waals surface area contributed by atoms with Crippen LogP contribution in [0.2, 0.25) is 15.1 Å². The van der Waals surface area contributed by atoms with E-state index in [1.54, 1.807) is 23.1 Å². The van der Waals surface area contributed by atoms with Crippen molar-refractivity contribution in [3.8, 4) is 0 Å². The average molecular weight is 591 g/mol. The molecule has 2 aromatic carbocycles. The Morgan fingerprint density at radius 2 is 1.82 bits per heavy atom. The van der Waals surface area contributed by atoms with Crippen molar-refractivity contribution in [3.05, 3.63) is 44.9 Å². The lowest BCUT2D eigenvalue weighted by atomic mass is 9.92. The molecule has 1 atom stereocenters. The Bertz CT molecular complexity index is 1300. The third-order valence-electron chi connectivity index (χ3n) is 6.95. The van der Waals surface area contributed by atoms with Gasteiger partial charge in [0, 0.05) is 26.7 Å². The van der Waals surface area contributed by atoms with Crippen molar-refractivity contribution >= 4 is 63.2 Å². The fraction of sp³-hybridized carbons (Fsp3) is 0.519. The molecule has 11 heteroatoms. The summed E-state index contributed by atoms with van der Waals surface area (Å²) in [5.74, 6) is -0.882. The monoisotopic (exact) mass is 589 g/mol. The molecule has 1 saturated heterocycles. The third-order valence-corrected chi connectivity index (χ3v) is 8.00. The number of halogens is 6. The van der Waals surface area contributed by atoms with E-state index in [2.05, 4.69) is 36.4 Å². The summed E-state index contributed by atoms with van der Waals surface area (Å²) in [6.07, 6.45) is -2.61. The molecule has 0 aliphatic carbocycles. The summed E-state index contributed by atoms with van der Waals surface area (Å²) in [4.78, 5) is 6.37.